The first-order chi connectivity index (χ1) is 15.7. The number of amidine groups is 1. The van der Waals surface area contributed by atoms with Crippen LogP contribution in [-0.2, 0) is 4.79 Å². The number of aliphatic imine (C=N–C) groups is 1. The van der Waals surface area contributed by atoms with Gasteiger partial charge < -0.3 is 5.32 Å². The minimum absolute atomic E-state index is 0.0622. The summed E-state index contributed by atoms with van der Waals surface area (Å²) in [6, 6.07) is 18.7. The second kappa shape index (κ2) is 9.40. The summed E-state index contributed by atoms with van der Waals surface area (Å²) < 4.78 is 13.6. The molecule has 10 heteroatoms. The Hall–Kier alpha value is -2.49. The lowest BCUT2D eigenvalue weighted by atomic mass is 10.1. The molecule has 0 spiro atoms. The van der Waals surface area contributed by atoms with Crippen molar-refractivity contribution in [3.8, 4) is 0 Å². The van der Waals surface area contributed by atoms with Crippen LogP contribution in [0.5, 0.6) is 0 Å². The number of amides is 3. The van der Waals surface area contributed by atoms with Crippen LogP contribution in [0.1, 0.15) is 0 Å². The average Bonchev–Trinajstić information content (AvgIpc) is 3.02. The maximum absolute atomic E-state index is 14.5. The van der Waals surface area contributed by atoms with Crippen molar-refractivity contribution >= 4 is 83.4 Å². The van der Waals surface area contributed by atoms with Gasteiger partial charge in [-0.25, -0.2) is 19.1 Å². The van der Waals surface area contributed by atoms with Crippen LogP contribution >= 0.6 is 43.5 Å². The molecule has 3 aromatic carbocycles. The number of fused-ring (bicyclic) bond motifs is 1. The van der Waals surface area contributed by atoms with Crippen molar-refractivity contribution in [2.45, 2.75) is 9.40 Å². The van der Waals surface area contributed by atoms with Crippen LogP contribution in [0.3, 0.4) is 0 Å². The van der Waals surface area contributed by atoms with Crippen molar-refractivity contribution in [2.24, 2.45) is 4.99 Å². The molecule has 3 aromatic rings. The number of benzene rings is 3. The third-order valence-electron chi connectivity index (χ3n) is 5.16. The fourth-order valence-electron chi connectivity index (χ4n) is 3.40. The van der Waals surface area contributed by atoms with E-state index in [0.717, 1.165) is 26.3 Å². The Morgan fingerprint density at radius 2 is 1.73 bits per heavy atom. The van der Waals surface area contributed by atoms with Crippen LogP contribution in [0, 0.1) is 5.82 Å². The highest BCUT2D eigenvalue weighted by molar-refractivity contribution is 9.25. The second-order valence-corrected chi connectivity index (χ2v) is 11.6. The molecule has 0 saturated carbocycles. The average molecular weight is 597 g/mol. The molecular formula is C23H18Br2ClFN4O2. The van der Waals surface area contributed by atoms with E-state index in [1.165, 1.54) is 25.2 Å². The van der Waals surface area contributed by atoms with Crippen molar-refractivity contribution in [2.75, 3.05) is 23.1 Å². The first-order valence-electron chi connectivity index (χ1n) is 9.86. The van der Waals surface area contributed by atoms with Crippen LogP contribution in [0.4, 0.5) is 20.6 Å². The number of hydrogen-bond donors (Lipinski definition) is 1. The number of halogens is 4. The normalized spacial score (nSPS) is 16.7. The molecule has 4 rings (SSSR count). The van der Waals surface area contributed by atoms with E-state index in [9.17, 15) is 14.0 Å². The molecule has 1 unspecified atom stereocenters. The van der Waals surface area contributed by atoms with Gasteiger partial charge in [0.2, 0.25) is 5.84 Å². The quantitative estimate of drug-likeness (QED) is 0.283. The van der Waals surface area contributed by atoms with E-state index in [1.807, 2.05) is 42.5 Å². The predicted molar refractivity (Wildman–Crippen MR) is 137 cm³/mol. The van der Waals surface area contributed by atoms with Crippen molar-refractivity contribution in [3.05, 3.63) is 72.5 Å². The number of rotatable bonds is 6. The smallest absolute Gasteiger partial charge is 0.337 e. The number of nitrogens with zero attached hydrogens (tertiary/aromatic N) is 3. The first kappa shape index (κ1) is 23.7. The molecule has 1 aliphatic heterocycles. The third kappa shape index (κ3) is 4.62. The summed E-state index contributed by atoms with van der Waals surface area (Å²) in [5.74, 6) is -1.47. The lowest BCUT2D eigenvalue weighted by molar-refractivity contribution is -0.119. The molecule has 170 valence electrons. The number of carbonyl (C=O) groups is 2. The highest BCUT2D eigenvalue weighted by Crippen LogP contribution is 2.36. The van der Waals surface area contributed by atoms with E-state index in [4.69, 9.17) is 11.6 Å². The van der Waals surface area contributed by atoms with Gasteiger partial charge in [0.1, 0.15) is 15.2 Å². The maximum Gasteiger partial charge on any atom is 0.337 e. The monoisotopic (exact) mass is 594 g/mol. The molecule has 1 saturated heterocycles. The Labute approximate surface area is 211 Å². The Morgan fingerprint density at radius 1 is 1.06 bits per heavy atom. The molecule has 0 aromatic heterocycles. The van der Waals surface area contributed by atoms with E-state index in [1.54, 1.807) is 6.07 Å². The van der Waals surface area contributed by atoms with Gasteiger partial charge in [0.25, 0.3) is 5.91 Å². The number of carbonyl (C=O) groups excluding carboxylic acids is 2. The summed E-state index contributed by atoms with van der Waals surface area (Å²) in [5, 5.41) is 5.33. The fourth-order valence-corrected chi connectivity index (χ4v) is 3.98. The van der Waals surface area contributed by atoms with Gasteiger partial charge in [-0.15, -0.1) is 11.6 Å². The zero-order chi connectivity index (χ0) is 23.8. The van der Waals surface area contributed by atoms with E-state index >= 15 is 0 Å². The van der Waals surface area contributed by atoms with Crippen LogP contribution in [0.25, 0.3) is 10.8 Å². The van der Waals surface area contributed by atoms with Gasteiger partial charge in [0.05, 0.1) is 11.6 Å². The SMILES string of the molecule is CN1C(=O)C(=NC(Nc2ccc3ccccc3c2)C(Br)(Br)CCl)N(c2ccccc2F)C1=O. The molecule has 0 radical (unpaired) electrons. The first-order valence-corrected chi connectivity index (χ1v) is 12.0. The van der Waals surface area contributed by atoms with Gasteiger partial charge in [-0.1, -0.05) is 74.3 Å². The maximum atomic E-state index is 14.5. The van der Waals surface area contributed by atoms with Crippen LogP contribution in [0.15, 0.2) is 71.7 Å². The number of alkyl halides is 3. The van der Waals surface area contributed by atoms with E-state index in [2.05, 4.69) is 42.2 Å². The summed E-state index contributed by atoms with van der Waals surface area (Å²) in [6.07, 6.45) is -0.844. The molecule has 1 aliphatic rings. The number of para-hydroxylation sites is 1. The second-order valence-electron chi connectivity index (χ2n) is 7.39. The molecule has 1 heterocycles. The largest absolute Gasteiger partial charge is 0.362 e. The van der Waals surface area contributed by atoms with Crippen molar-refractivity contribution < 1.29 is 14.0 Å². The van der Waals surface area contributed by atoms with Crippen LogP contribution in [-0.4, -0.2) is 45.0 Å². The molecule has 1 atom stereocenters. The summed E-state index contributed by atoms with van der Waals surface area (Å²) >= 11 is 13.2. The Balaban J connectivity index is 1.79. The molecule has 0 bridgehead atoms. The summed E-state index contributed by atoms with van der Waals surface area (Å²) in [7, 11) is 1.32. The topological polar surface area (TPSA) is 65.0 Å². The molecule has 0 aliphatic carbocycles. The van der Waals surface area contributed by atoms with Crippen LogP contribution in [0.2, 0.25) is 0 Å². The van der Waals surface area contributed by atoms with Gasteiger partial charge in [-0.05, 0) is 35.0 Å². The Bertz CT molecular complexity index is 1270. The van der Waals surface area contributed by atoms with Crippen molar-refractivity contribution in [1.29, 1.82) is 0 Å². The third-order valence-corrected chi connectivity index (χ3v) is 7.66. The number of urea groups is 1. The summed E-state index contributed by atoms with van der Waals surface area (Å²) in [5.41, 5.74) is 0.656. The van der Waals surface area contributed by atoms with Gasteiger partial charge in [-0.3, -0.25) is 9.69 Å². The molecule has 1 N–H and O–H groups in total. The Morgan fingerprint density at radius 3 is 2.42 bits per heavy atom. The van der Waals surface area contributed by atoms with E-state index in [-0.39, 0.29) is 17.4 Å². The van der Waals surface area contributed by atoms with Gasteiger partial charge in [0, 0.05) is 12.7 Å². The molecule has 6 nitrogen and oxygen atoms in total. The lowest BCUT2D eigenvalue weighted by Crippen LogP contribution is -2.41. The van der Waals surface area contributed by atoms with Gasteiger partial charge >= 0.3 is 6.03 Å². The van der Waals surface area contributed by atoms with Gasteiger partial charge in [0.15, 0.2) is 0 Å². The van der Waals surface area contributed by atoms with E-state index < -0.39 is 27.2 Å². The molecule has 33 heavy (non-hydrogen) atoms. The number of likely N-dealkylation sites (N-methyl/N-ethyl adjacent to an activating group) is 1. The van der Waals surface area contributed by atoms with Crippen molar-refractivity contribution in [3.63, 3.8) is 0 Å². The number of imide groups is 1. The summed E-state index contributed by atoms with van der Waals surface area (Å²) in [6.45, 7) is 0. The number of nitrogens with one attached hydrogen (secondary N) is 1. The highest BCUT2D eigenvalue weighted by atomic mass is 79.9. The fraction of sp³-hybridized carbons (Fsp3) is 0.174. The number of anilines is 2. The summed E-state index contributed by atoms with van der Waals surface area (Å²) in [4.78, 5) is 32.1. The minimum Gasteiger partial charge on any atom is -0.362 e. The zero-order valence-electron chi connectivity index (χ0n) is 17.3. The molecule has 3 amide bonds. The minimum atomic E-state index is -0.981. The van der Waals surface area contributed by atoms with Crippen molar-refractivity contribution in [1.82, 2.24) is 4.90 Å². The zero-order valence-corrected chi connectivity index (χ0v) is 21.2. The van der Waals surface area contributed by atoms with Crippen LogP contribution < -0.4 is 10.2 Å². The number of hydrogen-bond acceptors (Lipinski definition) is 4. The van der Waals surface area contributed by atoms with E-state index in [0.29, 0.717) is 0 Å². The lowest BCUT2D eigenvalue weighted by Gasteiger charge is -2.28. The molecular weight excluding hydrogens is 579 g/mol. The Kier molecular flexibility index (Phi) is 6.74. The standard InChI is InChI=1S/C23H18Br2ClFN4O2/c1-30-20(32)19(31(22(30)33)18-9-5-4-8-17(18)27)29-21(23(24,25)13-26)28-16-11-10-14-6-2-3-7-15(14)12-16/h2-12,21,28H,13H2,1H3. The predicted octanol–water partition coefficient (Wildman–Crippen LogP) is 5.94. The highest BCUT2D eigenvalue weighted by Gasteiger charge is 2.44. The molecule has 1 fully saturated rings. The van der Waals surface area contributed by atoms with Gasteiger partial charge in [-0.2, -0.15) is 0 Å².